The highest BCUT2D eigenvalue weighted by Gasteiger charge is 2.00. The van der Waals surface area contributed by atoms with E-state index in [0.29, 0.717) is 18.8 Å². The normalized spacial score (nSPS) is 10.9. The molecule has 0 saturated carbocycles. The van der Waals surface area contributed by atoms with Gasteiger partial charge < -0.3 is 19.9 Å². The molecule has 5 heteroatoms. The van der Waals surface area contributed by atoms with Gasteiger partial charge in [0.25, 0.3) is 5.56 Å². The van der Waals surface area contributed by atoms with E-state index in [1.165, 1.54) is 6.07 Å². The maximum Gasteiger partial charge on any atom is 0.250 e. The number of aromatic nitrogens is 1. The van der Waals surface area contributed by atoms with E-state index in [9.17, 15) is 4.79 Å². The summed E-state index contributed by atoms with van der Waals surface area (Å²) in [6.07, 6.45) is 1.67. The number of nitrogens with zero attached hydrogens (tertiary/aromatic N) is 2. The Kier molecular flexibility index (Phi) is 5.01. The van der Waals surface area contributed by atoms with Crippen molar-refractivity contribution in [3.05, 3.63) is 28.7 Å². The van der Waals surface area contributed by atoms with Crippen LogP contribution in [0.2, 0.25) is 0 Å². The van der Waals surface area contributed by atoms with Crippen molar-refractivity contribution in [2.45, 2.75) is 6.54 Å². The van der Waals surface area contributed by atoms with Gasteiger partial charge in [-0.2, -0.15) is 0 Å². The number of hydrogen-bond acceptors (Lipinski definition) is 4. The lowest BCUT2D eigenvalue weighted by Gasteiger charge is -2.16. The van der Waals surface area contributed by atoms with Crippen LogP contribution in [0.25, 0.3) is 0 Å². The number of pyridine rings is 1. The van der Waals surface area contributed by atoms with Crippen LogP contribution in [0.4, 0.5) is 5.69 Å². The highest BCUT2D eigenvalue weighted by atomic mass is 16.5. The molecule has 0 saturated heterocycles. The lowest BCUT2D eigenvalue weighted by molar-refractivity contribution is 0.159. The molecule has 5 nitrogen and oxygen atoms in total. The zero-order valence-electron chi connectivity index (χ0n) is 9.85. The van der Waals surface area contributed by atoms with Gasteiger partial charge in [-0.05, 0) is 13.1 Å². The molecule has 0 amide bonds. The average Bonchev–Trinajstić information content (AvgIpc) is 2.27. The van der Waals surface area contributed by atoms with Crippen LogP contribution < -0.4 is 11.3 Å². The van der Waals surface area contributed by atoms with Crippen LogP contribution in [-0.2, 0) is 11.3 Å². The van der Waals surface area contributed by atoms with Crippen LogP contribution in [0.15, 0.2) is 23.1 Å². The monoisotopic (exact) mass is 225 g/mol. The molecule has 0 aliphatic carbocycles. The third kappa shape index (κ3) is 4.04. The van der Waals surface area contributed by atoms with Crippen molar-refractivity contribution in [1.82, 2.24) is 9.47 Å². The number of hydrogen-bond donors (Lipinski definition) is 1. The minimum Gasteiger partial charge on any atom is -0.398 e. The van der Waals surface area contributed by atoms with Crippen molar-refractivity contribution in [3.8, 4) is 0 Å². The quantitative estimate of drug-likeness (QED) is 0.741. The van der Waals surface area contributed by atoms with Crippen LogP contribution in [0.1, 0.15) is 0 Å². The Morgan fingerprint density at radius 2 is 2.19 bits per heavy atom. The van der Waals surface area contributed by atoms with E-state index in [2.05, 4.69) is 4.90 Å². The lowest BCUT2D eigenvalue weighted by atomic mass is 10.4. The van der Waals surface area contributed by atoms with Crippen molar-refractivity contribution < 1.29 is 4.74 Å². The fourth-order valence-corrected chi connectivity index (χ4v) is 1.36. The Labute approximate surface area is 95.4 Å². The summed E-state index contributed by atoms with van der Waals surface area (Å²) in [6.45, 7) is 2.99. The summed E-state index contributed by atoms with van der Waals surface area (Å²) in [6, 6.07) is 3.11. The van der Waals surface area contributed by atoms with Crippen LogP contribution in [-0.4, -0.2) is 43.3 Å². The summed E-state index contributed by atoms with van der Waals surface area (Å²) >= 11 is 0. The van der Waals surface area contributed by atoms with E-state index in [1.807, 2.05) is 7.05 Å². The average molecular weight is 225 g/mol. The predicted molar refractivity (Wildman–Crippen MR) is 64.5 cm³/mol. The molecular formula is C11H19N3O2. The molecule has 0 spiro atoms. The Morgan fingerprint density at radius 3 is 2.88 bits per heavy atom. The number of anilines is 1. The molecule has 0 unspecified atom stereocenters. The Morgan fingerprint density at radius 1 is 1.44 bits per heavy atom. The van der Waals surface area contributed by atoms with Gasteiger partial charge in [0.05, 0.1) is 6.61 Å². The summed E-state index contributed by atoms with van der Waals surface area (Å²) in [7, 11) is 3.67. The standard InChI is InChI=1S/C11H19N3O2/c1-13(7-8-16-2)5-6-14-9-10(12)3-4-11(14)15/h3-4,9H,5-8,12H2,1-2H3. The van der Waals surface area contributed by atoms with E-state index in [0.717, 1.165) is 13.1 Å². The van der Waals surface area contributed by atoms with Gasteiger partial charge in [0.1, 0.15) is 0 Å². The van der Waals surface area contributed by atoms with Gasteiger partial charge in [0.2, 0.25) is 0 Å². The van der Waals surface area contributed by atoms with Crippen molar-refractivity contribution in [2.75, 3.05) is 39.6 Å². The number of nitrogens with two attached hydrogens (primary N) is 1. The number of methoxy groups -OCH3 is 1. The van der Waals surface area contributed by atoms with Crippen molar-refractivity contribution in [3.63, 3.8) is 0 Å². The molecule has 0 aliphatic rings. The molecule has 1 aromatic heterocycles. The summed E-state index contributed by atoms with van der Waals surface area (Å²) in [5.74, 6) is 0. The van der Waals surface area contributed by atoms with Gasteiger partial charge in [-0.1, -0.05) is 0 Å². The zero-order valence-corrected chi connectivity index (χ0v) is 9.85. The van der Waals surface area contributed by atoms with Crippen molar-refractivity contribution >= 4 is 5.69 Å². The first-order valence-corrected chi connectivity index (χ1v) is 5.27. The minimum absolute atomic E-state index is 0.0191. The van der Waals surface area contributed by atoms with Gasteiger partial charge in [0.15, 0.2) is 0 Å². The second-order valence-corrected chi connectivity index (χ2v) is 3.79. The molecule has 0 aliphatic heterocycles. The van der Waals surface area contributed by atoms with Crippen LogP contribution in [0, 0.1) is 0 Å². The molecule has 1 rings (SSSR count). The fourth-order valence-electron chi connectivity index (χ4n) is 1.36. The highest BCUT2D eigenvalue weighted by molar-refractivity contribution is 5.33. The van der Waals surface area contributed by atoms with E-state index in [4.69, 9.17) is 10.5 Å². The molecule has 0 atom stereocenters. The largest absolute Gasteiger partial charge is 0.398 e. The molecule has 90 valence electrons. The number of nitrogen functional groups attached to an aromatic ring is 1. The maximum absolute atomic E-state index is 11.5. The Hall–Kier alpha value is -1.33. The topological polar surface area (TPSA) is 60.5 Å². The van der Waals surface area contributed by atoms with Crippen LogP contribution >= 0.6 is 0 Å². The first-order valence-electron chi connectivity index (χ1n) is 5.27. The van der Waals surface area contributed by atoms with Gasteiger partial charge in [-0.25, -0.2) is 0 Å². The Bertz CT molecular complexity index is 376. The SMILES string of the molecule is COCCN(C)CCn1cc(N)ccc1=O. The van der Waals surface area contributed by atoms with Gasteiger partial charge in [0, 0.05) is 44.7 Å². The summed E-state index contributed by atoms with van der Waals surface area (Å²) in [5.41, 5.74) is 6.21. The first-order chi connectivity index (χ1) is 7.63. The Balaban J connectivity index is 2.48. The smallest absolute Gasteiger partial charge is 0.250 e. The number of likely N-dealkylation sites (N-methyl/N-ethyl adjacent to an activating group) is 1. The van der Waals surface area contributed by atoms with Crippen molar-refractivity contribution in [2.24, 2.45) is 0 Å². The predicted octanol–water partition coefficient (Wildman–Crippen LogP) is 0.00870. The zero-order chi connectivity index (χ0) is 12.0. The van der Waals surface area contributed by atoms with Gasteiger partial charge >= 0.3 is 0 Å². The summed E-state index contributed by atoms with van der Waals surface area (Å²) < 4.78 is 6.60. The van der Waals surface area contributed by atoms with E-state index >= 15 is 0 Å². The number of rotatable bonds is 6. The molecule has 0 fully saturated rings. The molecule has 16 heavy (non-hydrogen) atoms. The molecule has 1 heterocycles. The molecule has 2 N–H and O–H groups in total. The fraction of sp³-hybridized carbons (Fsp3) is 0.545. The molecule has 0 bridgehead atoms. The first kappa shape index (κ1) is 12.7. The second-order valence-electron chi connectivity index (χ2n) is 3.79. The third-order valence-electron chi connectivity index (χ3n) is 2.41. The maximum atomic E-state index is 11.5. The third-order valence-corrected chi connectivity index (χ3v) is 2.41. The van der Waals surface area contributed by atoms with E-state index in [1.54, 1.807) is 23.9 Å². The molecule has 0 aromatic carbocycles. The summed E-state index contributed by atoms with van der Waals surface area (Å²) in [4.78, 5) is 13.6. The minimum atomic E-state index is -0.0191. The second kappa shape index (κ2) is 6.30. The lowest BCUT2D eigenvalue weighted by Crippen LogP contribution is -2.30. The molecular weight excluding hydrogens is 206 g/mol. The van der Waals surface area contributed by atoms with Crippen LogP contribution in [0.3, 0.4) is 0 Å². The van der Waals surface area contributed by atoms with Gasteiger partial charge in [-0.15, -0.1) is 0 Å². The van der Waals surface area contributed by atoms with Crippen LogP contribution in [0.5, 0.6) is 0 Å². The molecule has 1 aromatic rings. The van der Waals surface area contributed by atoms with E-state index < -0.39 is 0 Å². The van der Waals surface area contributed by atoms with Crippen molar-refractivity contribution in [1.29, 1.82) is 0 Å². The summed E-state index contributed by atoms with van der Waals surface area (Å²) in [5, 5.41) is 0. The highest BCUT2D eigenvalue weighted by Crippen LogP contribution is 1.96. The number of ether oxygens (including phenoxy) is 1. The molecule has 0 radical (unpaired) electrons. The van der Waals surface area contributed by atoms with Gasteiger partial charge in [-0.3, -0.25) is 4.79 Å². The van der Waals surface area contributed by atoms with E-state index in [-0.39, 0.29) is 5.56 Å².